The lowest BCUT2D eigenvalue weighted by molar-refractivity contribution is -0.138. The van der Waals surface area contributed by atoms with Gasteiger partial charge in [-0.1, -0.05) is 31.0 Å². The van der Waals surface area contributed by atoms with Crippen molar-refractivity contribution in [1.29, 1.82) is 0 Å². The minimum atomic E-state index is -4.68. The zero-order chi connectivity index (χ0) is 25.1. The molecule has 0 saturated heterocycles. The number of aliphatic hydroxyl groups is 1. The Balaban J connectivity index is 1.97. The highest BCUT2D eigenvalue weighted by Crippen LogP contribution is 2.45. The van der Waals surface area contributed by atoms with E-state index in [0.717, 1.165) is 38.3 Å². The molecule has 0 spiro atoms. The Morgan fingerprint density at radius 3 is 2.44 bits per heavy atom. The molecule has 0 aliphatic heterocycles. The zero-order valence-electron chi connectivity index (χ0n) is 19.3. The summed E-state index contributed by atoms with van der Waals surface area (Å²) in [6.07, 6.45) is -1.63. The summed E-state index contributed by atoms with van der Waals surface area (Å²) in [6, 6.07) is 8.81. The van der Waals surface area contributed by atoms with Gasteiger partial charge in [0.2, 0.25) is 0 Å². The monoisotopic (exact) mass is 479 g/mol. The van der Waals surface area contributed by atoms with Crippen molar-refractivity contribution >= 4 is 11.9 Å². The molecule has 1 aliphatic rings. The van der Waals surface area contributed by atoms with Gasteiger partial charge >= 0.3 is 18.1 Å². The highest BCUT2D eigenvalue weighted by atomic mass is 19.4. The highest BCUT2D eigenvalue weighted by Gasteiger charge is 2.42. The van der Waals surface area contributed by atoms with Gasteiger partial charge in [-0.05, 0) is 51.2 Å². The smallest absolute Gasteiger partial charge is 0.416 e. The molecule has 6 nitrogen and oxygen atoms in total. The quantitative estimate of drug-likeness (QED) is 0.474. The number of hydrogen-bond acceptors (Lipinski definition) is 6. The van der Waals surface area contributed by atoms with Gasteiger partial charge in [-0.15, -0.1) is 0 Å². The van der Waals surface area contributed by atoms with E-state index in [1.807, 2.05) is 19.0 Å². The van der Waals surface area contributed by atoms with E-state index in [9.17, 15) is 27.9 Å². The fraction of sp³-hybridized carbons (Fsp3) is 0.440. The van der Waals surface area contributed by atoms with Crippen LogP contribution < -0.4 is 9.47 Å². The fourth-order valence-corrected chi connectivity index (χ4v) is 4.44. The van der Waals surface area contributed by atoms with Gasteiger partial charge in [0.25, 0.3) is 0 Å². The van der Waals surface area contributed by atoms with Crippen LogP contribution in [-0.2, 0) is 16.6 Å². The average Bonchev–Trinajstić information content (AvgIpc) is 2.74. The lowest BCUT2D eigenvalue weighted by Gasteiger charge is -2.42. The number of esters is 2. The van der Waals surface area contributed by atoms with Crippen molar-refractivity contribution < 1.29 is 37.3 Å². The maximum atomic E-state index is 13.1. The second-order valence-corrected chi connectivity index (χ2v) is 8.82. The van der Waals surface area contributed by atoms with Crippen LogP contribution in [0.1, 0.15) is 54.1 Å². The molecule has 184 valence electrons. The molecule has 0 aromatic heterocycles. The van der Waals surface area contributed by atoms with Crippen molar-refractivity contribution in [1.82, 2.24) is 4.90 Å². The first-order valence-corrected chi connectivity index (χ1v) is 11.0. The summed E-state index contributed by atoms with van der Waals surface area (Å²) >= 11 is 0. The molecule has 1 fully saturated rings. The molecule has 2 unspecified atom stereocenters. The maximum absolute atomic E-state index is 13.1. The number of benzene rings is 2. The van der Waals surface area contributed by atoms with E-state index < -0.39 is 35.0 Å². The van der Waals surface area contributed by atoms with Crippen molar-refractivity contribution in [2.24, 2.45) is 5.92 Å². The molecule has 1 N–H and O–H groups in total. The number of hydrogen-bond donors (Lipinski definition) is 1. The molecule has 3 rings (SSSR count). The first kappa shape index (κ1) is 25.7. The van der Waals surface area contributed by atoms with Gasteiger partial charge in [-0.2, -0.15) is 13.2 Å². The highest BCUT2D eigenvalue weighted by molar-refractivity contribution is 5.95. The molecule has 1 saturated carbocycles. The third-order valence-electron chi connectivity index (χ3n) is 5.96. The van der Waals surface area contributed by atoms with Crippen LogP contribution in [0, 0.1) is 5.92 Å². The molecule has 2 atom stereocenters. The van der Waals surface area contributed by atoms with Crippen LogP contribution in [0.25, 0.3) is 0 Å². The lowest BCUT2D eigenvalue weighted by Crippen LogP contribution is -2.43. The number of carbonyl (C=O) groups is 2. The average molecular weight is 479 g/mol. The van der Waals surface area contributed by atoms with Gasteiger partial charge in [0.05, 0.1) is 11.2 Å². The molecule has 0 radical (unpaired) electrons. The summed E-state index contributed by atoms with van der Waals surface area (Å²) in [6.45, 7) is 1.66. The van der Waals surface area contributed by atoms with Crippen LogP contribution in [0.15, 0.2) is 42.5 Å². The first-order chi connectivity index (χ1) is 15.9. The predicted molar refractivity (Wildman–Crippen MR) is 119 cm³/mol. The van der Waals surface area contributed by atoms with Crippen molar-refractivity contribution in [3.05, 3.63) is 59.2 Å². The minimum absolute atomic E-state index is 0.0984. The topological polar surface area (TPSA) is 76.1 Å². The predicted octanol–water partition coefficient (Wildman–Crippen LogP) is 4.79. The van der Waals surface area contributed by atoms with Gasteiger partial charge in [-0.3, -0.25) is 4.79 Å². The fourth-order valence-electron chi connectivity index (χ4n) is 4.44. The maximum Gasteiger partial charge on any atom is 0.416 e. The molecule has 34 heavy (non-hydrogen) atoms. The summed E-state index contributed by atoms with van der Waals surface area (Å²) in [5.41, 5.74) is -2.20. The third-order valence-corrected chi connectivity index (χ3v) is 5.96. The number of alkyl halides is 3. The van der Waals surface area contributed by atoms with E-state index in [1.54, 1.807) is 18.2 Å². The standard InChI is InChI=1S/C25H28F3NO5/c1-16(30)33-22-14-17(25(26,27)28)11-12-19(22)23(31)34-21-10-5-4-9-20(21)24(32)13-7-6-8-18(24)15-29(2)3/h4-5,9-12,14,18,32H,6-8,13,15H2,1-3H3. The Kier molecular flexibility index (Phi) is 7.67. The van der Waals surface area contributed by atoms with Crippen LogP contribution in [0.4, 0.5) is 13.2 Å². The van der Waals surface area contributed by atoms with Gasteiger partial charge < -0.3 is 19.5 Å². The Morgan fingerprint density at radius 2 is 1.79 bits per heavy atom. The third kappa shape index (κ3) is 5.77. The van der Waals surface area contributed by atoms with Crippen molar-refractivity contribution in [3.8, 4) is 11.5 Å². The van der Waals surface area contributed by atoms with Crippen LogP contribution in [0.5, 0.6) is 11.5 Å². The summed E-state index contributed by atoms with van der Waals surface area (Å²) < 4.78 is 49.8. The summed E-state index contributed by atoms with van der Waals surface area (Å²) in [7, 11) is 3.84. The number of rotatable bonds is 6. The van der Waals surface area contributed by atoms with Crippen molar-refractivity contribution in [2.45, 2.75) is 44.4 Å². The van der Waals surface area contributed by atoms with Gasteiger partial charge in [0, 0.05) is 24.9 Å². The second-order valence-electron chi connectivity index (χ2n) is 8.82. The Bertz CT molecular complexity index is 1050. The van der Waals surface area contributed by atoms with E-state index >= 15 is 0 Å². The molecular formula is C25H28F3NO5. The van der Waals surface area contributed by atoms with Crippen molar-refractivity contribution in [2.75, 3.05) is 20.6 Å². The van der Waals surface area contributed by atoms with Crippen LogP contribution >= 0.6 is 0 Å². The number of ether oxygens (including phenoxy) is 2. The van der Waals surface area contributed by atoms with E-state index in [-0.39, 0.29) is 17.2 Å². The number of carbonyl (C=O) groups excluding carboxylic acids is 2. The van der Waals surface area contributed by atoms with Gasteiger partial charge in [0.15, 0.2) is 0 Å². The zero-order valence-corrected chi connectivity index (χ0v) is 19.3. The van der Waals surface area contributed by atoms with Gasteiger partial charge in [0.1, 0.15) is 17.1 Å². The first-order valence-electron chi connectivity index (χ1n) is 11.0. The number of nitrogens with zero attached hydrogens (tertiary/aromatic N) is 1. The van der Waals surface area contributed by atoms with Gasteiger partial charge in [-0.25, -0.2) is 4.79 Å². The molecule has 0 bridgehead atoms. The molecule has 1 aliphatic carbocycles. The molecule has 0 amide bonds. The number of para-hydroxylation sites is 1. The number of halogens is 3. The summed E-state index contributed by atoms with van der Waals surface area (Å²) in [5.74, 6) is -2.42. The van der Waals surface area contributed by atoms with E-state index in [1.165, 1.54) is 6.07 Å². The van der Waals surface area contributed by atoms with E-state index in [2.05, 4.69) is 0 Å². The van der Waals surface area contributed by atoms with E-state index in [4.69, 9.17) is 9.47 Å². The second kappa shape index (κ2) is 10.1. The normalized spacial score (nSPS) is 20.8. The lowest BCUT2D eigenvalue weighted by atomic mass is 9.71. The Morgan fingerprint density at radius 1 is 1.09 bits per heavy atom. The Labute approximate surface area is 196 Å². The summed E-state index contributed by atoms with van der Waals surface area (Å²) in [4.78, 5) is 26.4. The van der Waals surface area contributed by atoms with E-state index in [0.29, 0.717) is 24.6 Å². The Hall–Kier alpha value is -2.91. The molecule has 2 aromatic carbocycles. The van der Waals surface area contributed by atoms with Crippen molar-refractivity contribution in [3.63, 3.8) is 0 Å². The molecule has 2 aromatic rings. The molecule has 9 heteroatoms. The van der Waals surface area contributed by atoms with Crippen LogP contribution in [0.2, 0.25) is 0 Å². The molecular weight excluding hydrogens is 451 g/mol. The van der Waals surface area contributed by atoms with Crippen LogP contribution in [-0.4, -0.2) is 42.6 Å². The largest absolute Gasteiger partial charge is 0.426 e. The van der Waals surface area contributed by atoms with Crippen LogP contribution in [0.3, 0.4) is 0 Å². The molecule has 0 heterocycles. The SMILES string of the molecule is CC(=O)Oc1cc(C(F)(F)F)ccc1C(=O)Oc1ccccc1C1(O)CCCCC1CN(C)C. The minimum Gasteiger partial charge on any atom is -0.426 e. The summed E-state index contributed by atoms with van der Waals surface area (Å²) in [5, 5.41) is 11.7.